The van der Waals surface area contributed by atoms with Crippen LogP contribution in [0, 0.1) is 6.92 Å². The van der Waals surface area contributed by atoms with Gasteiger partial charge in [0.25, 0.3) is 5.56 Å². The molecule has 0 radical (unpaired) electrons. The predicted molar refractivity (Wildman–Crippen MR) is 126 cm³/mol. The van der Waals surface area contributed by atoms with Crippen LogP contribution < -0.4 is 16.6 Å². The van der Waals surface area contributed by atoms with Crippen molar-refractivity contribution >= 4 is 12.1 Å². The van der Waals surface area contributed by atoms with E-state index in [1.807, 2.05) is 43.3 Å². The van der Waals surface area contributed by atoms with Crippen LogP contribution in [-0.2, 0) is 41.4 Å². The van der Waals surface area contributed by atoms with Crippen LogP contribution in [0.5, 0.6) is 0 Å². The van der Waals surface area contributed by atoms with Crippen molar-refractivity contribution in [2.75, 3.05) is 7.11 Å². The van der Waals surface area contributed by atoms with E-state index in [0.29, 0.717) is 11.1 Å². The highest BCUT2D eigenvalue weighted by molar-refractivity contribution is 5.81. The molecule has 1 atom stereocenters. The second-order valence-electron chi connectivity index (χ2n) is 7.94. The molecule has 1 heterocycles. The average Bonchev–Trinajstić information content (AvgIpc) is 2.84. The van der Waals surface area contributed by atoms with Crippen LogP contribution in [0.2, 0.25) is 0 Å². The van der Waals surface area contributed by atoms with Gasteiger partial charge >= 0.3 is 17.8 Å². The molecule has 0 saturated carbocycles. The molecule has 178 valence electrons. The monoisotopic (exact) mass is 465 g/mol. The lowest BCUT2D eigenvalue weighted by atomic mass is 9.97. The van der Waals surface area contributed by atoms with Gasteiger partial charge in [-0.3, -0.25) is 9.36 Å². The molecule has 1 amide bonds. The van der Waals surface area contributed by atoms with Gasteiger partial charge < -0.3 is 19.4 Å². The molecule has 0 bridgehead atoms. The predicted octanol–water partition coefficient (Wildman–Crippen LogP) is 2.07. The van der Waals surface area contributed by atoms with Crippen molar-refractivity contribution in [3.05, 3.63) is 92.3 Å². The SMILES string of the molecule is COC(=O)C(Cc1ccc(-c2cn(C)c(=O)n(C)c2=O)c(C)c1)NC(=O)OCc1ccccc1. The first-order valence-electron chi connectivity index (χ1n) is 10.6. The number of nitrogens with one attached hydrogen (secondary N) is 1. The summed E-state index contributed by atoms with van der Waals surface area (Å²) in [6.45, 7) is 1.90. The maximum atomic E-state index is 12.6. The number of carbonyl (C=O) groups excluding carboxylic acids is 2. The first kappa shape index (κ1) is 24.5. The number of nitrogens with zero attached hydrogens (tertiary/aromatic N) is 2. The van der Waals surface area contributed by atoms with Crippen molar-refractivity contribution in [1.82, 2.24) is 14.5 Å². The third kappa shape index (κ3) is 5.61. The maximum Gasteiger partial charge on any atom is 0.408 e. The van der Waals surface area contributed by atoms with E-state index in [1.165, 1.54) is 24.9 Å². The van der Waals surface area contributed by atoms with E-state index < -0.39 is 29.4 Å². The molecule has 0 saturated heterocycles. The molecule has 1 N–H and O–H groups in total. The fourth-order valence-electron chi connectivity index (χ4n) is 3.63. The number of hydrogen-bond donors (Lipinski definition) is 1. The Bertz CT molecular complexity index is 1310. The summed E-state index contributed by atoms with van der Waals surface area (Å²) in [7, 11) is 4.26. The third-order valence-corrected chi connectivity index (χ3v) is 5.46. The zero-order valence-corrected chi connectivity index (χ0v) is 19.5. The molecular formula is C25H27N3O6. The zero-order chi connectivity index (χ0) is 24.8. The van der Waals surface area contributed by atoms with Crippen molar-refractivity contribution in [3.63, 3.8) is 0 Å². The molecule has 3 aromatic rings. The summed E-state index contributed by atoms with van der Waals surface area (Å²) in [5, 5.41) is 2.56. The summed E-state index contributed by atoms with van der Waals surface area (Å²) in [5.41, 5.74) is 2.61. The van der Waals surface area contributed by atoms with Gasteiger partial charge in [-0.1, -0.05) is 48.5 Å². The number of methoxy groups -OCH3 is 1. The standard InChI is InChI=1S/C25H27N3O6/c1-16-12-18(10-11-19(16)20-14-27(2)25(32)28(3)22(20)29)13-21(23(30)33-4)26-24(31)34-15-17-8-6-5-7-9-17/h5-12,14,21H,13,15H2,1-4H3,(H,26,31). The third-order valence-electron chi connectivity index (χ3n) is 5.46. The van der Waals surface area contributed by atoms with Gasteiger partial charge in [0.2, 0.25) is 0 Å². The first-order chi connectivity index (χ1) is 16.2. The van der Waals surface area contributed by atoms with Gasteiger partial charge in [-0.2, -0.15) is 0 Å². The summed E-state index contributed by atoms with van der Waals surface area (Å²) in [6, 6.07) is 13.6. The van der Waals surface area contributed by atoms with Crippen molar-refractivity contribution in [3.8, 4) is 11.1 Å². The minimum Gasteiger partial charge on any atom is -0.467 e. The molecular weight excluding hydrogens is 438 g/mol. The van der Waals surface area contributed by atoms with Crippen LogP contribution in [0.15, 0.2) is 64.3 Å². The molecule has 1 aromatic heterocycles. The van der Waals surface area contributed by atoms with Gasteiger partial charge in [0.1, 0.15) is 12.6 Å². The smallest absolute Gasteiger partial charge is 0.408 e. The van der Waals surface area contributed by atoms with Crippen molar-refractivity contribution in [2.24, 2.45) is 14.1 Å². The number of rotatable bonds is 7. The first-order valence-corrected chi connectivity index (χ1v) is 10.6. The van der Waals surface area contributed by atoms with E-state index in [1.54, 1.807) is 19.2 Å². The number of aromatic nitrogens is 2. The van der Waals surface area contributed by atoms with Crippen molar-refractivity contribution < 1.29 is 19.1 Å². The van der Waals surface area contributed by atoms with Gasteiger partial charge in [-0.15, -0.1) is 0 Å². The highest BCUT2D eigenvalue weighted by Gasteiger charge is 2.23. The Morgan fingerprint density at radius 1 is 1.00 bits per heavy atom. The van der Waals surface area contributed by atoms with Gasteiger partial charge in [-0.25, -0.2) is 14.4 Å². The van der Waals surface area contributed by atoms with E-state index >= 15 is 0 Å². The summed E-state index contributed by atoms with van der Waals surface area (Å²) in [4.78, 5) is 49.1. The van der Waals surface area contributed by atoms with E-state index in [4.69, 9.17) is 9.47 Å². The maximum absolute atomic E-state index is 12.6. The molecule has 1 unspecified atom stereocenters. The number of benzene rings is 2. The molecule has 34 heavy (non-hydrogen) atoms. The van der Waals surface area contributed by atoms with Crippen LogP contribution in [-0.4, -0.2) is 34.3 Å². The average molecular weight is 466 g/mol. The lowest BCUT2D eigenvalue weighted by Gasteiger charge is -2.17. The van der Waals surface area contributed by atoms with Crippen LogP contribution in [0.25, 0.3) is 11.1 Å². The van der Waals surface area contributed by atoms with Crippen LogP contribution >= 0.6 is 0 Å². The summed E-state index contributed by atoms with van der Waals surface area (Å²) < 4.78 is 12.5. The lowest BCUT2D eigenvalue weighted by molar-refractivity contribution is -0.143. The van der Waals surface area contributed by atoms with Crippen LogP contribution in [0.3, 0.4) is 0 Å². The van der Waals surface area contributed by atoms with Gasteiger partial charge in [0, 0.05) is 26.7 Å². The van der Waals surface area contributed by atoms with E-state index in [2.05, 4.69) is 5.32 Å². The topological polar surface area (TPSA) is 109 Å². The Balaban J connectivity index is 1.77. The second-order valence-corrected chi connectivity index (χ2v) is 7.94. The second kappa shape index (κ2) is 10.7. The number of amides is 1. The Kier molecular flexibility index (Phi) is 7.68. The summed E-state index contributed by atoms with van der Waals surface area (Å²) >= 11 is 0. The van der Waals surface area contributed by atoms with Gasteiger partial charge in [-0.05, 0) is 29.2 Å². The number of esters is 1. The molecule has 9 nitrogen and oxygen atoms in total. The minimum absolute atomic E-state index is 0.0723. The summed E-state index contributed by atoms with van der Waals surface area (Å²) in [6.07, 6.45) is 0.939. The molecule has 0 fully saturated rings. The van der Waals surface area contributed by atoms with Gasteiger partial charge in [0.05, 0.1) is 12.7 Å². The highest BCUT2D eigenvalue weighted by Crippen LogP contribution is 2.22. The molecule has 3 rings (SSSR count). The van der Waals surface area contributed by atoms with E-state index in [0.717, 1.165) is 21.3 Å². The van der Waals surface area contributed by atoms with E-state index in [-0.39, 0.29) is 13.0 Å². The molecule has 0 spiro atoms. The molecule has 9 heteroatoms. The largest absolute Gasteiger partial charge is 0.467 e. The Labute approximate surface area is 196 Å². The molecule has 0 aliphatic rings. The number of ether oxygens (including phenoxy) is 2. The van der Waals surface area contributed by atoms with Gasteiger partial charge in [0.15, 0.2) is 0 Å². The number of hydrogen-bond acceptors (Lipinski definition) is 6. The van der Waals surface area contributed by atoms with Crippen LogP contribution in [0.1, 0.15) is 16.7 Å². The molecule has 2 aromatic carbocycles. The lowest BCUT2D eigenvalue weighted by Crippen LogP contribution is -2.43. The fourth-order valence-corrected chi connectivity index (χ4v) is 3.63. The minimum atomic E-state index is -0.955. The Hall–Kier alpha value is -4.14. The van der Waals surface area contributed by atoms with Crippen LogP contribution in [0.4, 0.5) is 4.79 Å². The number of aryl methyl sites for hydroxylation is 2. The summed E-state index contributed by atoms with van der Waals surface area (Å²) in [5.74, 6) is -0.606. The van der Waals surface area contributed by atoms with Crippen molar-refractivity contribution in [1.29, 1.82) is 0 Å². The van der Waals surface area contributed by atoms with Crippen molar-refractivity contribution in [2.45, 2.75) is 26.0 Å². The fraction of sp³-hybridized carbons (Fsp3) is 0.280. The Morgan fingerprint density at radius 3 is 2.35 bits per heavy atom. The molecule has 0 aliphatic heterocycles. The quantitative estimate of drug-likeness (QED) is 0.535. The number of carbonyl (C=O) groups is 2. The van der Waals surface area contributed by atoms with E-state index in [9.17, 15) is 19.2 Å². The normalized spacial score (nSPS) is 11.5. The Morgan fingerprint density at radius 2 is 1.71 bits per heavy atom. The molecule has 0 aliphatic carbocycles. The highest BCUT2D eigenvalue weighted by atomic mass is 16.6. The number of alkyl carbamates (subject to hydrolysis) is 1. The zero-order valence-electron chi connectivity index (χ0n) is 19.5.